The number of nitrogens with one attached hydrogen (secondary N) is 1. The first-order valence-corrected chi connectivity index (χ1v) is 7.83. The van der Waals surface area contributed by atoms with Crippen molar-refractivity contribution in [1.29, 1.82) is 0 Å². The highest BCUT2D eigenvalue weighted by Crippen LogP contribution is 2.23. The van der Waals surface area contributed by atoms with E-state index in [9.17, 15) is 0 Å². The van der Waals surface area contributed by atoms with Crippen LogP contribution in [0.4, 0.5) is 0 Å². The Hall–Kier alpha value is -0.710. The van der Waals surface area contributed by atoms with Crippen molar-refractivity contribution in [3.63, 3.8) is 0 Å². The molecule has 1 unspecified atom stereocenters. The summed E-state index contributed by atoms with van der Waals surface area (Å²) in [5.74, 6) is 0. The van der Waals surface area contributed by atoms with Crippen LogP contribution in [-0.4, -0.2) is 11.5 Å². The van der Waals surface area contributed by atoms with Crippen LogP contribution in [0, 0.1) is 0 Å². The van der Waals surface area contributed by atoms with E-state index in [1.165, 1.54) is 10.4 Å². The van der Waals surface area contributed by atoms with Crippen molar-refractivity contribution < 1.29 is 0 Å². The summed E-state index contributed by atoms with van der Waals surface area (Å²) in [4.78, 5) is 5.62. The summed E-state index contributed by atoms with van der Waals surface area (Å²) < 4.78 is 1.04. The van der Waals surface area contributed by atoms with E-state index in [1.807, 2.05) is 23.7 Å². The fourth-order valence-corrected chi connectivity index (χ4v) is 3.10. The number of pyridine rings is 1. The molecule has 1 atom stereocenters. The second-order valence-electron chi connectivity index (χ2n) is 4.24. The fourth-order valence-electron chi connectivity index (χ4n) is 1.88. The maximum Gasteiger partial charge on any atom is 0.0456 e. The van der Waals surface area contributed by atoms with Gasteiger partial charge in [-0.1, -0.05) is 13.0 Å². The third kappa shape index (κ3) is 3.90. The lowest BCUT2D eigenvalue weighted by molar-refractivity contribution is 0.536. The molecular weight excluding hydrogens is 308 g/mol. The van der Waals surface area contributed by atoms with Gasteiger partial charge in [-0.25, -0.2) is 0 Å². The van der Waals surface area contributed by atoms with Crippen LogP contribution in [0.15, 0.2) is 40.4 Å². The van der Waals surface area contributed by atoms with Crippen molar-refractivity contribution in [1.82, 2.24) is 10.3 Å². The highest BCUT2D eigenvalue weighted by atomic mass is 79.9. The lowest BCUT2D eigenvalue weighted by Crippen LogP contribution is -2.23. The van der Waals surface area contributed by atoms with Gasteiger partial charge in [0.2, 0.25) is 0 Å². The van der Waals surface area contributed by atoms with Gasteiger partial charge in [0.05, 0.1) is 0 Å². The summed E-state index contributed by atoms with van der Waals surface area (Å²) in [5.41, 5.74) is 1.26. The van der Waals surface area contributed by atoms with E-state index in [-0.39, 0.29) is 0 Å². The Kier molecular flexibility index (Phi) is 5.35. The number of aromatic nitrogens is 1. The highest BCUT2D eigenvalue weighted by molar-refractivity contribution is 9.10. The van der Waals surface area contributed by atoms with Crippen molar-refractivity contribution in [2.45, 2.75) is 25.8 Å². The molecule has 96 valence electrons. The molecule has 0 amide bonds. The minimum absolute atomic E-state index is 0.390. The second kappa shape index (κ2) is 7.02. The van der Waals surface area contributed by atoms with Gasteiger partial charge in [-0.2, -0.15) is 0 Å². The van der Waals surface area contributed by atoms with Crippen LogP contribution in [0.3, 0.4) is 0 Å². The highest BCUT2D eigenvalue weighted by Gasteiger charge is 2.12. The Labute approximate surface area is 121 Å². The summed E-state index contributed by atoms with van der Waals surface area (Å²) in [6.07, 6.45) is 5.90. The molecule has 0 saturated heterocycles. The number of thiophene rings is 1. The fraction of sp³-hybridized carbons (Fsp3) is 0.357. The van der Waals surface area contributed by atoms with Crippen molar-refractivity contribution in [2.75, 3.05) is 6.54 Å². The molecule has 0 aliphatic rings. The van der Waals surface area contributed by atoms with Crippen LogP contribution in [0.1, 0.15) is 29.8 Å². The lowest BCUT2D eigenvalue weighted by Gasteiger charge is -2.17. The number of nitrogens with zero attached hydrogens (tertiary/aromatic N) is 1. The Morgan fingerprint density at radius 3 is 3.00 bits per heavy atom. The summed E-state index contributed by atoms with van der Waals surface area (Å²) in [5, 5.41) is 5.74. The lowest BCUT2D eigenvalue weighted by atomic mass is 10.1. The largest absolute Gasteiger partial charge is 0.309 e. The minimum Gasteiger partial charge on any atom is -0.309 e. The predicted molar refractivity (Wildman–Crippen MR) is 81.0 cm³/mol. The van der Waals surface area contributed by atoms with Crippen LogP contribution in [0.5, 0.6) is 0 Å². The van der Waals surface area contributed by atoms with Gasteiger partial charge in [-0.3, -0.25) is 4.98 Å². The summed E-state index contributed by atoms with van der Waals surface area (Å²) in [6, 6.07) is 6.84. The summed E-state index contributed by atoms with van der Waals surface area (Å²) >= 11 is 5.28. The number of hydrogen-bond acceptors (Lipinski definition) is 3. The average molecular weight is 325 g/mol. The number of hydrogen-bond donors (Lipinski definition) is 1. The van der Waals surface area contributed by atoms with E-state index in [4.69, 9.17) is 0 Å². The SMILES string of the molecule is CCCNC(Cc1cncc(Br)c1)c1cccs1. The monoisotopic (exact) mass is 324 g/mol. The first-order valence-electron chi connectivity index (χ1n) is 6.16. The number of rotatable bonds is 6. The molecule has 0 spiro atoms. The molecule has 1 N–H and O–H groups in total. The standard InChI is InChI=1S/C14H17BrN2S/c1-2-5-17-13(14-4-3-6-18-14)8-11-7-12(15)10-16-9-11/h3-4,6-7,9-10,13,17H,2,5,8H2,1H3. The Morgan fingerprint density at radius 2 is 2.33 bits per heavy atom. The van der Waals surface area contributed by atoms with Crippen LogP contribution >= 0.6 is 27.3 Å². The molecule has 0 aliphatic carbocycles. The number of halogens is 1. The Balaban J connectivity index is 2.10. The first kappa shape index (κ1) is 13.7. The van der Waals surface area contributed by atoms with Crippen LogP contribution < -0.4 is 5.32 Å². The molecule has 18 heavy (non-hydrogen) atoms. The molecule has 2 aromatic rings. The zero-order valence-electron chi connectivity index (χ0n) is 10.4. The van der Waals surface area contributed by atoms with E-state index < -0.39 is 0 Å². The molecule has 4 heteroatoms. The van der Waals surface area contributed by atoms with Crippen LogP contribution in [0.25, 0.3) is 0 Å². The molecule has 0 aromatic carbocycles. The second-order valence-corrected chi connectivity index (χ2v) is 6.13. The van der Waals surface area contributed by atoms with E-state index in [2.05, 4.69) is 56.7 Å². The zero-order valence-corrected chi connectivity index (χ0v) is 12.8. The van der Waals surface area contributed by atoms with Gasteiger partial charge in [0.15, 0.2) is 0 Å². The van der Waals surface area contributed by atoms with Gasteiger partial charge >= 0.3 is 0 Å². The van der Waals surface area contributed by atoms with Gasteiger partial charge < -0.3 is 5.32 Å². The molecule has 2 aromatic heterocycles. The van der Waals surface area contributed by atoms with E-state index in [1.54, 1.807) is 0 Å². The average Bonchev–Trinajstić information content (AvgIpc) is 2.88. The predicted octanol–water partition coefficient (Wildman–Crippen LogP) is 4.19. The minimum atomic E-state index is 0.390. The van der Waals surface area contributed by atoms with Crippen LogP contribution in [-0.2, 0) is 6.42 Å². The molecule has 2 rings (SSSR count). The van der Waals surface area contributed by atoms with Crippen molar-refractivity contribution in [3.8, 4) is 0 Å². The first-order chi connectivity index (χ1) is 8.79. The smallest absolute Gasteiger partial charge is 0.0456 e. The van der Waals surface area contributed by atoms with Crippen molar-refractivity contribution in [3.05, 3.63) is 50.9 Å². The quantitative estimate of drug-likeness (QED) is 0.861. The maximum atomic E-state index is 4.23. The Bertz CT molecular complexity index is 470. The van der Waals surface area contributed by atoms with Gasteiger partial charge in [0.1, 0.15) is 0 Å². The third-order valence-electron chi connectivity index (χ3n) is 2.73. The van der Waals surface area contributed by atoms with E-state index in [0.717, 1.165) is 23.9 Å². The third-order valence-corrected chi connectivity index (χ3v) is 4.15. The van der Waals surface area contributed by atoms with Gasteiger partial charge in [0, 0.05) is 27.8 Å². The molecule has 0 radical (unpaired) electrons. The van der Waals surface area contributed by atoms with E-state index >= 15 is 0 Å². The molecule has 2 nitrogen and oxygen atoms in total. The summed E-state index contributed by atoms with van der Waals surface area (Å²) in [7, 11) is 0. The Morgan fingerprint density at radius 1 is 1.44 bits per heavy atom. The van der Waals surface area contributed by atoms with Crippen molar-refractivity contribution >= 4 is 27.3 Å². The topological polar surface area (TPSA) is 24.9 Å². The molecule has 0 fully saturated rings. The normalized spacial score (nSPS) is 12.6. The molecule has 0 bridgehead atoms. The van der Waals surface area contributed by atoms with Crippen LogP contribution in [0.2, 0.25) is 0 Å². The molecule has 0 aliphatic heterocycles. The van der Waals surface area contributed by atoms with E-state index in [0.29, 0.717) is 6.04 Å². The zero-order chi connectivity index (χ0) is 12.8. The van der Waals surface area contributed by atoms with Gasteiger partial charge in [-0.05, 0) is 58.4 Å². The van der Waals surface area contributed by atoms with Gasteiger partial charge in [0.25, 0.3) is 0 Å². The molecule has 2 heterocycles. The molecule has 0 saturated carbocycles. The summed E-state index contributed by atoms with van der Waals surface area (Å²) in [6.45, 7) is 3.24. The molecular formula is C14H17BrN2S. The van der Waals surface area contributed by atoms with Crippen molar-refractivity contribution in [2.24, 2.45) is 0 Å². The maximum absolute atomic E-state index is 4.23. The van der Waals surface area contributed by atoms with Gasteiger partial charge in [-0.15, -0.1) is 11.3 Å².